The number of aromatic nitrogens is 1. The number of nitrogens with one attached hydrogen (secondary N) is 1. The van der Waals surface area contributed by atoms with E-state index < -0.39 is 4.92 Å². The molecular weight excluding hydrogens is 272 g/mol. The number of hydrogen-bond acceptors (Lipinski definition) is 6. The summed E-state index contributed by atoms with van der Waals surface area (Å²) < 4.78 is 5.01. The highest BCUT2D eigenvalue weighted by Crippen LogP contribution is 2.25. The van der Waals surface area contributed by atoms with Gasteiger partial charge in [0.25, 0.3) is 0 Å². The number of likely N-dealkylation sites (N-methyl/N-ethyl adjacent to an activating group) is 1. The van der Waals surface area contributed by atoms with E-state index in [-0.39, 0.29) is 11.5 Å². The molecule has 1 aliphatic rings. The smallest absolute Gasteiger partial charge is 0.311 e. The number of hydrogen-bond donors (Lipinski definition) is 1. The summed E-state index contributed by atoms with van der Waals surface area (Å²) in [6, 6.07) is 3.54. The number of pyridine rings is 1. The van der Waals surface area contributed by atoms with Gasteiger partial charge in [-0.15, -0.1) is 0 Å². The maximum absolute atomic E-state index is 11.0. The predicted molar refractivity (Wildman–Crippen MR) is 80.8 cm³/mol. The van der Waals surface area contributed by atoms with Gasteiger partial charge in [-0.2, -0.15) is 4.98 Å². The number of nitro groups is 1. The Kier molecular flexibility index (Phi) is 5.32. The minimum Gasteiger partial charge on any atom is -0.481 e. The van der Waals surface area contributed by atoms with E-state index in [4.69, 9.17) is 4.74 Å². The summed E-state index contributed by atoms with van der Waals surface area (Å²) in [6.07, 6.45) is 5.08. The van der Waals surface area contributed by atoms with Crippen molar-refractivity contribution in [2.45, 2.75) is 31.7 Å². The van der Waals surface area contributed by atoms with E-state index in [2.05, 4.69) is 22.2 Å². The molecule has 0 spiro atoms. The zero-order chi connectivity index (χ0) is 15.2. The van der Waals surface area contributed by atoms with Gasteiger partial charge >= 0.3 is 5.69 Å². The first kappa shape index (κ1) is 15.5. The van der Waals surface area contributed by atoms with Gasteiger partial charge in [0.2, 0.25) is 11.7 Å². The van der Waals surface area contributed by atoms with E-state index in [1.807, 2.05) is 0 Å². The molecule has 1 aromatic heterocycles. The summed E-state index contributed by atoms with van der Waals surface area (Å²) in [5, 5.41) is 14.1. The maximum atomic E-state index is 11.0. The van der Waals surface area contributed by atoms with Crippen molar-refractivity contribution in [2.24, 2.45) is 0 Å². The Hall–Kier alpha value is -1.89. The molecule has 1 aliphatic carbocycles. The quantitative estimate of drug-likeness (QED) is 0.614. The summed E-state index contributed by atoms with van der Waals surface area (Å²) in [5.74, 6) is 0.631. The van der Waals surface area contributed by atoms with Gasteiger partial charge < -0.3 is 15.0 Å². The van der Waals surface area contributed by atoms with E-state index in [1.165, 1.54) is 44.9 Å². The summed E-state index contributed by atoms with van der Waals surface area (Å²) in [7, 11) is 3.59. The Labute approximate surface area is 124 Å². The Balaban J connectivity index is 1.93. The van der Waals surface area contributed by atoms with Crippen LogP contribution in [-0.2, 0) is 0 Å². The number of methoxy groups -OCH3 is 1. The lowest BCUT2D eigenvalue weighted by atomic mass is 10.2. The monoisotopic (exact) mass is 294 g/mol. The Morgan fingerprint density at radius 3 is 2.81 bits per heavy atom. The Morgan fingerprint density at radius 2 is 2.19 bits per heavy atom. The third-order valence-corrected chi connectivity index (χ3v) is 3.96. The molecule has 2 rings (SSSR count). The largest absolute Gasteiger partial charge is 0.481 e. The van der Waals surface area contributed by atoms with E-state index in [1.54, 1.807) is 0 Å². The SMILES string of the molecule is COc1ccc([N+](=O)[O-])c(NCCN(C)C2CCCC2)n1. The summed E-state index contributed by atoms with van der Waals surface area (Å²) in [6.45, 7) is 1.45. The average Bonchev–Trinajstić information content (AvgIpc) is 3.01. The van der Waals surface area contributed by atoms with Crippen LogP contribution in [0.4, 0.5) is 11.5 Å². The third-order valence-electron chi connectivity index (χ3n) is 3.96. The summed E-state index contributed by atoms with van der Waals surface area (Å²) in [4.78, 5) is 17.0. The second-order valence-electron chi connectivity index (χ2n) is 5.32. The van der Waals surface area contributed by atoms with Gasteiger partial charge in [-0.3, -0.25) is 10.1 Å². The molecule has 1 aromatic rings. The third kappa shape index (κ3) is 4.04. The first-order chi connectivity index (χ1) is 10.1. The van der Waals surface area contributed by atoms with Crippen LogP contribution in [-0.4, -0.2) is 48.1 Å². The van der Waals surface area contributed by atoms with Crippen molar-refractivity contribution in [3.05, 3.63) is 22.2 Å². The van der Waals surface area contributed by atoms with Crippen LogP contribution in [0.25, 0.3) is 0 Å². The summed E-state index contributed by atoms with van der Waals surface area (Å²) >= 11 is 0. The Bertz CT molecular complexity index is 489. The van der Waals surface area contributed by atoms with Crippen LogP contribution in [0, 0.1) is 10.1 Å². The van der Waals surface area contributed by atoms with Gasteiger partial charge in [0.1, 0.15) is 0 Å². The molecular formula is C14H22N4O3. The first-order valence-corrected chi connectivity index (χ1v) is 7.25. The van der Waals surface area contributed by atoms with Gasteiger partial charge in [-0.1, -0.05) is 12.8 Å². The predicted octanol–water partition coefficient (Wildman–Crippen LogP) is 2.28. The molecule has 21 heavy (non-hydrogen) atoms. The molecule has 7 nitrogen and oxygen atoms in total. The minimum absolute atomic E-state index is 0.0284. The highest BCUT2D eigenvalue weighted by atomic mass is 16.6. The Morgan fingerprint density at radius 1 is 1.48 bits per heavy atom. The van der Waals surface area contributed by atoms with Gasteiger partial charge in [-0.25, -0.2) is 0 Å². The zero-order valence-corrected chi connectivity index (χ0v) is 12.5. The van der Waals surface area contributed by atoms with Crippen molar-refractivity contribution in [1.82, 2.24) is 9.88 Å². The topological polar surface area (TPSA) is 80.5 Å². The van der Waals surface area contributed by atoms with E-state index >= 15 is 0 Å². The van der Waals surface area contributed by atoms with Crippen LogP contribution in [0.5, 0.6) is 5.88 Å². The fourth-order valence-corrected chi connectivity index (χ4v) is 2.70. The molecule has 0 aromatic carbocycles. The van der Waals surface area contributed by atoms with Crippen LogP contribution in [0.1, 0.15) is 25.7 Å². The molecule has 0 bridgehead atoms. The molecule has 0 saturated heterocycles. The number of rotatable bonds is 7. The molecule has 0 aliphatic heterocycles. The molecule has 7 heteroatoms. The second kappa shape index (κ2) is 7.21. The lowest BCUT2D eigenvalue weighted by Crippen LogP contribution is -2.33. The first-order valence-electron chi connectivity index (χ1n) is 7.25. The van der Waals surface area contributed by atoms with Crippen molar-refractivity contribution >= 4 is 11.5 Å². The molecule has 1 saturated carbocycles. The number of anilines is 1. The molecule has 0 amide bonds. The van der Waals surface area contributed by atoms with Crippen LogP contribution >= 0.6 is 0 Å². The molecule has 116 valence electrons. The van der Waals surface area contributed by atoms with Crippen LogP contribution in [0.3, 0.4) is 0 Å². The normalized spacial score (nSPS) is 15.4. The highest BCUT2D eigenvalue weighted by Gasteiger charge is 2.20. The molecule has 1 fully saturated rings. The van der Waals surface area contributed by atoms with Gasteiger partial charge in [-0.05, 0) is 19.9 Å². The van der Waals surface area contributed by atoms with Gasteiger partial charge in [0, 0.05) is 31.3 Å². The van der Waals surface area contributed by atoms with Crippen LogP contribution in [0.2, 0.25) is 0 Å². The lowest BCUT2D eigenvalue weighted by Gasteiger charge is -2.24. The highest BCUT2D eigenvalue weighted by molar-refractivity contribution is 5.57. The molecule has 0 atom stereocenters. The average molecular weight is 294 g/mol. The molecule has 1 N–H and O–H groups in total. The fourth-order valence-electron chi connectivity index (χ4n) is 2.70. The van der Waals surface area contributed by atoms with Crippen molar-refractivity contribution < 1.29 is 9.66 Å². The van der Waals surface area contributed by atoms with Crippen molar-refractivity contribution in [3.63, 3.8) is 0 Å². The summed E-state index contributed by atoms with van der Waals surface area (Å²) in [5.41, 5.74) is -0.0284. The standard InChI is InChI=1S/C14H22N4O3/c1-17(11-5-3-4-6-11)10-9-15-14-12(18(19)20)7-8-13(16-14)21-2/h7-8,11H,3-6,9-10H2,1-2H3,(H,15,16). The molecule has 0 unspecified atom stereocenters. The fraction of sp³-hybridized carbons (Fsp3) is 0.643. The van der Waals surface area contributed by atoms with Crippen LogP contribution in [0.15, 0.2) is 12.1 Å². The second-order valence-corrected chi connectivity index (χ2v) is 5.32. The molecule has 1 heterocycles. The number of ether oxygens (including phenoxy) is 1. The van der Waals surface area contributed by atoms with Gasteiger partial charge in [0.05, 0.1) is 12.0 Å². The van der Waals surface area contributed by atoms with Crippen molar-refractivity contribution in [3.8, 4) is 5.88 Å². The van der Waals surface area contributed by atoms with Crippen molar-refractivity contribution in [2.75, 3.05) is 32.6 Å². The van der Waals surface area contributed by atoms with Crippen LogP contribution < -0.4 is 10.1 Å². The maximum Gasteiger partial charge on any atom is 0.311 e. The van der Waals surface area contributed by atoms with E-state index in [0.717, 1.165) is 6.54 Å². The number of nitrogens with zero attached hydrogens (tertiary/aromatic N) is 3. The van der Waals surface area contributed by atoms with Gasteiger partial charge in [0.15, 0.2) is 0 Å². The minimum atomic E-state index is -0.435. The van der Waals surface area contributed by atoms with Crippen molar-refractivity contribution in [1.29, 1.82) is 0 Å². The zero-order valence-electron chi connectivity index (χ0n) is 12.5. The van der Waals surface area contributed by atoms with E-state index in [0.29, 0.717) is 18.5 Å². The molecule has 0 radical (unpaired) electrons. The lowest BCUT2D eigenvalue weighted by molar-refractivity contribution is -0.384. The van der Waals surface area contributed by atoms with E-state index in [9.17, 15) is 10.1 Å².